The molecular weight excluding hydrogens is 372 g/mol. The molecule has 0 fully saturated rings. The summed E-state index contributed by atoms with van der Waals surface area (Å²) < 4.78 is 4.10. The second-order valence-electron chi connectivity index (χ2n) is 5.67. The number of rotatable bonds is 2. The van der Waals surface area contributed by atoms with Crippen molar-refractivity contribution in [2.75, 3.05) is 0 Å². The Morgan fingerprint density at radius 1 is 1.22 bits per heavy atom. The molecule has 0 saturated carbocycles. The highest BCUT2D eigenvalue weighted by atomic mass is 79.9. The lowest BCUT2D eigenvalue weighted by Crippen LogP contribution is -2.14. The summed E-state index contributed by atoms with van der Waals surface area (Å²) >= 11 is 5.01. The monoisotopic (exact) mass is 388 g/mol. The van der Waals surface area contributed by atoms with Crippen LogP contribution in [0.15, 0.2) is 45.9 Å². The molecular formula is C18H17BrN2OS. The Balaban J connectivity index is 1.96. The molecule has 23 heavy (non-hydrogen) atoms. The minimum atomic E-state index is -0.111. The minimum Gasteiger partial charge on any atom is -0.319 e. The van der Waals surface area contributed by atoms with Gasteiger partial charge in [0, 0.05) is 11.5 Å². The van der Waals surface area contributed by atoms with E-state index >= 15 is 0 Å². The van der Waals surface area contributed by atoms with Crippen molar-refractivity contribution < 1.29 is 4.79 Å². The van der Waals surface area contributed by atoms with E-state index in [1.165, 1.54) is 11.3 Å². The van der Waals surface area contributed by atoms with E-state index in [0.717, 1.165) is 36.2 Å². The van der Waals surface area contributed by atoms with E-state index < -0.39 is 0 Å². The number of carbonyl (C=O) groups excluding carboxylic acids is 1. The first kappa shape index (κ1) is 16.1. The van der Waals surface area contributed by atoms with Crippen LogP contribution in [0.1, 0.15) is 16.7 Å². The third kappa shape index (κ3) is 3.46. The molecule has 0 N–H and O–H groups in total. The molecule has 1 aromatic heterocycles. The van der Waals surface area contributed by atoms with Crippen LogP contribution in [-0.4, -0.2) is 10.5 Å². The van der Waals surface area contributed by atoms with Gasteiger partial charge in [0.15, 0.2) is 4.80 Å². The largest absolute Gasteiger partial charge is 0.319 e. The van der Waals surface area contributed by atoms with Crippen molar-refractivity contribution in [2.45, 2.75) is 20.3 Å². The predicted octanol–water partition coefficient (Wildman–Crippen LogP) is 4.29. The maximum absolute atomic E-state index is 12.4. The molecule has 3 aromatic rings. The quantitative estimate of drug-likeness (QED) is 0.644. The summed E-state index contributed by atoms with van der Waals surface area (Å²) in [5.74, 6) is -0.111. The molecule has 0 atom stereocenters. The second-order valence-corrected chi connectivity index (χ2v) is 7.59. The maximum Gasteiger partial charge on any atom is 0.252 e. The third-order valence-electron chi connectivity index (χ3n) is 3.84. The number of carbonyl (C=O) groups is 1. The van der Waals surface area contributed by atoms with Gasteiger partial charge in [-0.25, -0.2) is 0 Å². The molecule has 0 spiro atoms. The van der Waals surface area contributed by atoms with Crippen LogP contribution in [0.4, 0.5) is 0 Å². The van der Waals surface area contributed by atoms with Crippen LogP contribution in [0, 0.1) is 13.8 Å². The number of hydrogen-bond donors (Lipinski definition) is 0. The molecule has 3 nitrogen and oxygen atoms in total. The van der Waals surface area contributed by atoms with Crippen molar-refractivity contribution >= 4 is 43.4 Å². The van der Waals surface area contributed by atoms with Gasteiger partial charge in [-0.05, 0) is 43.2 Å². The van der Waals surface area contributed by atoms with Gasteiger partial charge in [-0.3, -0.25) is 4.79 Å². The first-order chi connectivity index (χ1) is 10.9. The normalized spacial score (nSPS) is 12.1. The SMILES string of the molecule is Cc1ccc(C)c(CC(=O)N=c2sc3cc(Br)ccc3n2C)c1. The molecule has 2 aromatic carbocycles. The van der Waals surface area contributed by atoms with Crippen molar-refractivity contribution in [1.82, 2.24) is 4.57 Å². The fourth-order valence-corrected chi connectivity index (χ4v) is 4.10. The smallest absolute Gasteiger partial charge is 0.252 e. The van der Waals surface area contributed by atoms with Gasteiger partial charge in [-0.2, -0.15) is 4.99 Å². The van der Waals surface area contributed by atoms with Crippen LogP contribution in [0.3, 0.4) is 0 Å². The fraction of sp³-hybridized carbons (Fsp3) is 0.222. The van der Waals surface area contributed by atoms with E-state index in [2.05, 4.69) is 39.1 Å². The number of aryl methyl sites for hydroxylation is 3. The zero-order valence-electron chi connectivity index (χ0n) is 13.3. The number of nitrogens with zero attached hydrogens (tertiary/aromatic N) is 2. The predicted molar refractivity (Wildman–Crippen MR) is 98.7 cm³/mol. The van der Waals surface area contributed by atoms with Gasteiger partial charge in [-0.1, -0.05) is 51.0 Å². The van der Waals surface area contributed by atoms with Crippen molar-refractivity contribution in [3.05, 3.63) is 62.4 Å². The van der Waals surface area contributed by atoms with Crippen LogP contribution in [0.5, 0.6) is 0 Å². The lowest BCUT2D eigenvalue weighted by molar-refractivity contribution is -0.117. The Kier molecular flexibility index (Phi) is 4.50. The highest BCUT2D eigenvalue weighted by molar-refractivity contribution is 9.10. The van der Waals surface area contributed by atoms with E-state index in [0.29, 0.717) is 6.42 Å². The number of hydrogen-bond acceptors (Lipinski definition) is 2. The third-order valence-corrected chi connectivity index (χ3v) is 5.43. The summed E-state index contributed by atoms with van der Waals surface area (Å²) in [6, 6.07) is 12.2. The summed E-state index contributed by atoms with van der Waals surface area (Å²) in [5, 5.41) is 0. The summed E-state index contributed by atoms with van der Waals surface area (Å²) in [5.41, 5.74) is 4.42. The standard InChI is InChI=1S/C18H17BrN2OS/c1-11-4-5-12(2)13(8-11)9-17(22)20-18-21(3)15-7-6-14(19)10-16(15)23-18/h4-8,10H,9H2,1-3H3. The van der Waals surface area contributed by atoms with Crippen molar-refractivity contribution in [3.8, 4) is 0 Å². The van der Waals surface area contributed by atoms with Crippen LogP contribution in [0.25, 0.3) is 10.2 Å². The van der Waals surface area contributed by atoms with Gasteiger partial charge in [0.25, 0.3) is 5.91 Å². The number of fused-ring (bicyclic) bond motifs is 1. The van der Waals surface area contributed by atoms with Gasteiger partial charge in [0.1, 0.15) is 0 Å². The van der Waals surface area contributed by atoms with Gasteiger partial charge in [-0.15, -0.1) is 0 Å². The highest BCUT2D eigenvalue weighted by Crippen LogP contribution is 2.21. The lowest BCUT2D eigenvalue weighted by atomic mass is 10.0. The van der Waals surface area contributed by atoms with Crippen molar-refractivity contribution in [1.29, 1.82) is 0 Å². The van der Waals surface area contributed by atoms with E-state index in [9.17, 15) is 4.79 Å². The molecule has 0 unspecified atom stereocenters. The molecule has 118 valence electrons. The fourth-order valence-electron chi connectivity index (χ4n) is 2.51. The zero-order valence-corrected chi connectivity index (χ0v) is 15.7. The van der Waals surface area contributed by atoms with Crippen molar-refractivity contribution in [2.24, 2.45) is 12.0 Å². The number of benzene rings is 2. The Bertz CT molecular complexity index is 969. The summed E-state index contributed by atoms with van der Waals surface area (Å²) in [6.45, 7) is 4.06. The number of aromatic nitrogens is 1. The van der Waals surface area contributed by atoms with E-state index in [1.807, 2.05) is 43.7 Å². The van der Waals surface area contributed by atoms with Gasteiger partial charge >= 0.3 is 0 Å². The molecule has 3 rings (SSSR count). The molecule has 1 heterocycles. The Labute approximate surface area is 147 Å². The molecule has 1 amide bonds. The van der Waals surface area contributed by atoms with Gasteiger partial charge in [0.05, 0.1) is 16.6 Å². The highest BCUT2D eigenvalue weighted by Gasteiger charge is 2.08. The van der Waals surface area contributed by atoms with E-state index in [1.54, 1.807) is 0 Å². The van der Waals surface area contributed by atoms with Gasteiger partial charge in [0.2, 0.25) is 0 Å². The first-order valence-corrected chi connectivity index (χ1v) is 8.94. The summed E-state index contributed by atoms with van der Waals surface area (Å²) in [7, 11) is 1.94. The zero-order chi connectivity index (χ0) is 16.6. The molecule has 0 saturated heterocycles. The summed E-state index contributed by atoms with van der Waals surface area (Å²) in [4.78, 5) is 17.4. The molecule has 0 aliphatic carbocycles. The second kappa shape index (κ2) is 6.42. The number of amides is 1. The number of thiazole rings is 1. The molecule has 0 radical (unpaired) electrons. The van der Waals surface area contributed by atoms with Crippen LogP contribution < -0.4 is 4.80 Å². The Hall–Kier alpha value is -1.72. The molecule has 0 aliphatic heterocycles. The maximum atomic E-state index is 12.4. The lowest BCUT2D eigenvalue weighted by Gasteiger charge is -2.04. The van der Waals surface area contributed by atoms with Crippen LogP contribution in [0.2, 0.25) is 0 Å². The Morgan fingerprint density at radius 3 is 2.78 bits per heavy atom. The minimum absolute atomic E-state index is 0.111. The molecule has 0 aliphatic rings. The Morgan fingerprint density at radius 2 is 2.00 bits per heavy atom. The van der Waals surface area contributed by atoms with E-state index in [-0.39, 0.29) is 5.91 Å². The topological polar surface area (TPSA) is 34.4 Å². The average Bonchev–Trinajstić information content (AvgIpc) is 2.78. The summed E-state index contributed by atoms with van der Waals surface area (Å²) in [6.07, 6.45) is 0.339. The van der Waals surface area contributed by atoms with Crippen LogP contribution in [-0.2, 0) is 18.3 Å². The first-order valence-electron chi connectivity index (χ1n) is 7.33. The number of halogens is 1. The van der Waals surface area contributed by atoms with Crippen molar-refractivity contribution in [3.63, 3.8) is 0 Å². The van der Waals surface area contributed by atoms with Crippen LogP contribution >= 0.6 is 27.3 Å². The van der Waals surface area contributed by atoms with E-state index in [4.69, 9.17) is 0 Å². The van der Waals surface area contributed by atoms with Gasteiger partial charge < -0.3 is 4.57 Å². The average molecular weight is 389 g/mol. The molecule has 0 bridgehead atoms. The molecule has 5 heteroatoms.